The third-order valence-electron chi connectivity index (χ3n) is 13.2. The van der Waals surface area contributed by atoms with Crippen LogP contribution in [0.3, 0.4) is 0 Å². The second kappa shape index (κ2) is 16.4. The molecule has 3 heterocycles. The Morgan fingerprint density at radius 3 is 1.24 bits per heavy atom. The summed E-state index contributed by atoms with van der Waals surface area (Å²) in [6.45, 7) is 0. The van der Waals surface area contributed by atoms with Crippen LogP contribution < -0.4 is 0 Å². The molecule has 0 radical (unpaired) electrons. The van der Waals surface area contributed by atoms with E-state index in [1.165, 1.54) is 5.56 Å². The van der Waals surface area contributed by atoms with Gasteiger partial charge in [0.2, 0.25) is 5.95 Å². The van der Waals surface area contributed by atoms with E-state index in [4.69, 9.17) is 15.0 Å². The molecule has 0 amide bonds. The lowest BCUT2D eigenvalue weighted by atomic mass is 9.93. The fourth-order valence-corrected chi connectivity index (χ4v) is 10.1. The number of hydrogen-bond acceptors (Lipinski definition) is 3. The van der Waals surface area contributed by atoms with E-state index in [0.717, 1.165) is 99.4 Å². The Balaban J connectivity index is 1.16. The monoisotopic (exact) mass is 867 g/mol. The van der Waals surface area contributed by atoms with Crippen LogP contribution in [0.15, 0.2) is 249 Å². The fourth-order valence-electron chi connectivity index (χ4n) is 10.1. The third kappa shape index (κ3) is 6.59. The van der Waals surface area contributed by atoms with Crippen molar-refractivity contribution < 1.29 is 0 Å². The van der Waals surface area contributed by atoms with Gasteiger partial charge in [-0.05, 0) is 57.6 Å². The van der Waals surface area contributed by atoms with Gasteiger partial charge in [0, 0.05) is 43.8 Å². The fraction of sp³-hybridized carbons (Fsp3) is 0. The van der Waals surface area contributed by atoms with Crippen LogP contribution in [0.2, 0.25) is 0 Å². The summed E-state index contributed by atoms with van der Waals surface area (Å²) in [5.41, 5.74) is 16.2. The van der Waals surface area contributed by atoms with E-state index in [0.29, 0.717) is 17.6 Å². The Kier molecular flexibility index (Phi) is 9.43. The van der Waals surface area contributed by atoms with E-state index in [1.54, 1.807) is 0 Å². The van der Waals surface area contributed by atoms with Crippen LogP contribution in [-0.2, 0) is 0 Å². The molecule has 0 aliphatic carbocycles. The molecule has 0 spiro atoms. The van der Waals surface area contributed by atoms with Gasteiger partial charge < -0.3 is 4.57 Å². The first-order valence-corrected chi connectivity index (χ1v) is 23.0. The molecule has 0 N–H and O–H groups in total. The molecule has 5 nitrogen and oxygen atoms in total. The summed E-state index contributed by atoms with van der Waals surface area (Å²) in [7, 11) is 0. The zero-order chi connectivity index (χ0) is 45.0. The van der Waals surface area contributed by atoms with Gasteiger partial charge in [0.1, 0.15) is 0 Å². The van der Waals surface area contributed by atoms with E-state index in [-0.39, 0.29) is 0 Å². The Morgan fingerprint density at radius 1 is 0.250 bits per heavy atom. The molecular formula is C63H41N5. The number of aromatic nitrogens is 5. The maximum absolute atomic E-state index is 5.47. The average molecular weight is 868 g/mol. The topological polar surface area (TPSA) is 48.5 Å². The molecule has 0 aliphatic heterocycles. The number of benzene rings is 10. The molecule has 318 valence electrons. The summed E-state index contributed by atoms with van der Waals surface area (Å²) in [5.74, 6) is 1.74. The molecule has 0 saturated heterocycles. The molecule has 13 aromatic rings. The first-order valence-electron chi connectivity index (χ1n) is 23.0. The van der Waals surface area contributed by atoms with E-state index in [1.807, 2.05) is 24.3 Å². The maximum atomic E-state index is 5.47. The summed E-state index contributed by atoms with van der Waals surface area (Å²) in [6, 6.07) is 88.3. The first kappa shape index (κ1) is 39.2. The number of hydrogen-bond donors (Lipinski definition) is 0. The smallest absolute Gasteiger partial charge is 0.238 e. The van der Waals surface area contributed by atoms with Crippen molar-refractivity contribution in [1.82, 2.24) is 24.1 Å². The van der Waals surface area contributed by atoms with E-state index >= 15 is 0 Å². The lowest BCUT2D eigenvalue weighted by Crippen LogP contribution is -2.07. The minimum absolute atomic E-state index is 0.543. The molecular weight excluding hydrogens is 827 g/mol. The number of para-hydroxylation sites is 3. The minimum atomic E-state index is 0.543. The molecule has 0 atom stereocenters. The molecule has 5 heteroatoms. The highest BCUT2D eigenvalue weighted by Gasteiger charge is 2.26. The van der Waals surface area contributed by atoms with Crippen molar-refractivity contribution in [2.75, 3.05) is 0 Å². The quantitative estimate of drug-likeness (QED) is 0.153. The summed E-state index contributed by atoms with van der Waals surface area (Å²) < 4.78 is 4.79. The average Bonchev–Trinajstić information content (AvgIpc) is 3.95. The van der Waals surface area contributed by atoms with E-state index in [2.05, 4.69) is 234 Å². The Labute approximate surface area is 393 Å². The van der Waals surface area contributed by atoms with Crippen molar-refractivity contribution in [3.05, 3.63) is 249 Å². The van der Waals surface area contributed by atoms with Gasteiger partial charge in [-0.25, -0.2) is 4.98 Å². The van der Waals surface area contributed by atoms with E-state index < -0.39 is 0 Å². The third-order valence-corrected chi connectivity index (χ3v) is 13.2. The van der Waals surface area contributed by atoms with Gasteiger partial charge in [-0.3, -0.25) is 4.57 Å². The number of rotatable bonds is 8. The summed E-state index contributed by atoms with van der Waals surface area (Å²) in [4.78, 5) is 16.1. The maximum Gasteiger partial charge on any atom is 0.238 e. The standard InChI is InChI=1S/C63H41N5/c1-5-20-42(21-6-1)46-28-17-30-48(40-46)51-35-19-34-50(44-24-9-3-10-25-44)58(51)67-56-36-15-13-32-52(56)54-38-39-55-53-33-14-16-37-57(53)68(60(55)59(54)67)63-65-61(45-26-11-4-12-27-45)64-62(66-63)49-31-18-29-47(41-49)43-22-7-2-8-23-43/h1-41H. The molecule has 0 unspecified atom stereocenters. The molecule has 0 bridgehead atoms. The second-order valence-corrected chi connectivity index (χ2v) is 17.2. The lowest BCUT2D eigenvalue weighted by Gasteiger charge is -2.20. The molecule has 10 aromatic carbocycles. The second-order valence-electron chi connectivity index (χ2n) is 17.2. The van der Waals surface area contributed by atoms with Crippen molar-refractivity contribution in [2.24, 2.45) is 0 Å². The first-order chi connectivity index (χ1) is 33.7. The van der Waals surface area contributed by atoms with Gasteiger partial charge in [-0.1, -0.05) is 224 Å². The van der Waals surface area contributed by atoms with Crippen LogP contribution in [0.1, 0.15) is 0 Å². The summed E-state index contributed by atoms with van der Waals surface area (Å²) in [6.07, 6.45) is 0. The van der Waals surface area contributed by atoms with Crippen LogP contribution in [-0.4, -0.2) is 24.1 Å². The molecule has 0 fully saturated rings. The van der Waals surface area contributed by atoms with Gasteiger partial charge in [0.15, 0.2) is 11.6 Å². The normalized spacial score (nSPS) is 11.5. The zero-order valence-electron chi connectivity index (χ0n) is 36.9. The predicted molar refractivity (Wildman–Crippen MR) is 281 cm³/mol. The molecule has 68 heavy (non-hydrogen) atoms. The largest absolute Gasteiger partial charge is 0.306 e. The summed E-state index contributed by atoms with van der Waals surface area (Å²) >= 11 is 0. The lowest BCUT2D eigenvalue weighted by molar-refractivity contribution is 0.953. The van der Waals surface area contributed by atoms with Crippen LogP contribution in [0.5, 0.6) is 0 Å². The van der Waals surface area contributed by atoms with Crippen LogP contribution in [0.25, 0.3) is 123 Å². The van der Waals surface area contributed by atoms with Gasteiger partial charge >= 0.3 is 0 Å². The molecule has 0 saturated carbocycles. The van der Waals surface area contributed by atoms with Gasteiger partial charge in [0.05, 0.1) is 27.8 Å². The molecule has 0 aliphatic rings. The zero-order valence-corrected chi connectivity index (χ0v) is 36.9. The highest BCUT2D eigenvalue weighted by Crippen LogP contribution is 2.46. The van der Waals surface area contributed by atoms with Crippen LogP contribution in [0, 0.1) is 0 Å². The van der Waals surface area contributed by atoms with Crippen molar-refractivity contribution >= 4 is 43.6 Å². The van der Waals surface area contributed by atoms with Crippen LogP contribution in [0.4, 0.5) is 0 Å². The predicted octanol–water partition coefficient (Wildman–Crippen LogP) is 16.1. The van der Waals surface area contributed by atoms with Crippen molar-refractivity contribution in [1.29, 1.82) is 0 Å². The van der Waals surface area contributed by atoms with Gasteiger partial charge in [0.25, 0.3) is 0 Å². The van der Waals surface area contributed by atoms with Gasteiger partial charge in [-0.2, -0.15) is 9.97 Å². The van der Waals surface area contributed by atoms with Crippen LogP contribution >= 0.6 is 0 Å². The summed E-state index contributed by atoms with van der Waals surface area (Å²) in [5, 5.41) is 4.52. The Morgan fingerprint density at radius 2 is 0.647 bits per heavy atom. The highest BCUT2D eigenvalue weighted by molar-refractivity contribution is 6.24. The highest BCUT2D eigenvalue weighted by atomic mass is 15.2. The Hall–Kier alpha value is -9.19. The van der Waals surface area contributed by atoms with E-state index in [9.17, 15) is 0 Å². The van der Waals surface area contributed by atoms with Crippen molar-refractivity contribution in [3.63, 3.8) is 0 Å². The minimum Gasteiger partial charge on any atom is -0.306 e. The van der Waals surface area contributed by atoms with Gasteiger partial charge in [-0.15, -0.1) is 0 Å². The molecule has 13 rings (SSSR count). The SMILES string of the molecule is c1ccc(-c2cccc(-c3nc(-c4ccccc4)nc(-n4c5ccccc5c5ccc6c7ccccc7n(-c7c(-c8ccccc8)cccc7-c7cccc(-c8ccccc8)c7)c6c54)n3)c2)cc1. The van der Waals surface area contributed by atoms with Crippen molar-refractivity contribution in [2.45, 2.75) is 0 Å². The Bertz CT molecular complexity index is 4010. The number of nitrogens with zero attached hydrogens (tertiary/aromatic N) is 5. The van der Waals surface area contributed by atoms with Crippen molar-refractivity contribution in [3.8, 4) is 78.9 Å². The number of fused-ring (bicyclic) bond motifs is 7. The molecule has 3 aromatic heterocycles.